The smallest absolute Gasteiger partial charge is 0.353 e. The molecule has 2 heterocycles. The van der Waals surface area contributed by atoms with Crippen LogP contribution in [0.1, 0.15) is 132 Å². The summed E-state index contributed by atoms with van der Waals surface area (Å²) < 4.78 is 30.9. The molecule has 2 aliphatic rings. The number of aliphatic carboxylic acids is 1. The average molecular weight is 1200 g/mol. The van der Waals surface area contributed by atoms with E-state index in [0.29, 0.717) is 22.3 Å². The predicted octanol–water partition coefficient (Wildman–Crippen LogP) is 12.3. The first-order valence-electron chi connectivity index (χ1n) is 27.1. The van der Waals surface area contributed by atoms with Crippen LogP contribution in [0.15, 0.2) is 108 Å². The van der Waals surface area contributed by atoms with E-state index in [1.165, 1.54) is 53.4 Å². The number of carboxylic acid groups (broad SMARTS) is 3. The largest absolute Gasteiger partial charge is 0.478 e. The molecule has 1 saturated heterocycles. The van der Waals surface area contributed by atoms with Crippen molar-refractivity contribution in [3.05, 3.63) is 161 Å². The van der Waals surface area contributed by atoms with Crippen molar-refractivity contribution in [2.45, 2.75) is 165 Å². The quantitative estimate of drug-likeness (QED) is 0.0205. The number of nitro groups is 2. The van der Waals surface area contributed by atoms with Crippen LogP contribution in [-0.2, 0) is 51.7 Å². The first-order valence-corrected chi connectivity index (χ1v) is 36.8. The Labute approximate surface area is 485 Å². The minimum Gasteiger partial charge on any atom is -0.478 e. The fraction of sp³-hybridized carbons (Fsp3) is 0.483. The van der Waals surface area contributed by atoms with Gasteiger partial charge in [0.2, 0.25) is 5.91 Å². The molecule has 0 spiro atoms. The number of rotatable bonds is 23. The van der Waals surface area contributed by atoms with Crippen molar-refractivity contribution >= 4 is 83.1 Å². The highest BCUT2D eigenvalue weighted by Gasteiger charge is 2.71. The fourth-order valence-corrected chi connectivity index (χ4v) is 16.6. The normalized spacial score (nSPS) is 19.7. The van der Waals surface area contributed by atoms with Gasteiger partial charge in [-0.25, -0.2) is 14.4 Å². The Kier molecular flexibility index (Phi) is 19.0. The highest BCUT2D eigenvalue weighted by Crippen LogP contribution is 2.67. The van der Waals surface area contributed by atoms with E-state index in [1.54, 1.807) is 48.5 Å². The number of aromatic carboxylic acids is 2. The molecule has 0 saturated carbocycles. The number of carbonyl (C=O) groups excluding carboxylic acids is 1. The summed E-state index contributed by atoms with van der Waals surface area (Å²) in [6.07, 6.45) is -0.354. The topological polar surface area (TPSA) is 255 Å². The lowest BCUT2D eigenvalue weighted by molar-refractivity contribution is -0.385. The van der Waals surface area contributed by atoms with Gasteiger partial charge in [-0.05, 0) is 94.6 Å². The molecule has 7 atom stereocenters. The number of carbonyl (C=O) groups is 4. The summed E-state index contributed by atoms with van der Waals surface area (Å²) in [6, 6.07) is 24.3. The second kappa shape index (κ2) is 23.9. The zero-order valence-corrected chi connectivity index (χ0v) is 54.7. The summed E-state index contributed by atoms with van der Waals surface area (Å²) in [5.74, 6) is -10.4. The Bertz CT molecular complexity index is 3000. The Hall–Kier alpha value is -5.64. The van der Waals surface area contributed by atoms with Gasteiger partial charge < -0.3 is 33.0 Å². The molecule has 2 aliphatic heterocycles. The third-order valence-electron chi connectivity index (χ3n) is 16.3. The second-order valence-electron chi connectivity index (χ2n) is 25.8. The number of β-lactam (4-membered cyclic amide) rings is 1. The van der Waals surface area contributed by atoms with Crippen LogP contribution in [0.2, 0.25) is 46.3 Å². The zero-order chi connectivity index (χ0) is 60.7. The van der Waals surface area contributed by atoms with Crippen molar-refractivity contribution in [2.75, 3.05) is 0 Å². The van der Waals surface area contributed by atoms with Crippen molar-refractivity contribution in [2.24, 2.45) is 11.8 Å². The Morgan fingerprint density at radius 1 is 0.556 bits per heavy atom. The summed E-state index contributed by atoms with van der Waals surface area (Å²) in [5.41, 5.74) is 1.13. The maximum Gasteiger partial charge on any atom is 0.353 e. The molecule has 0 aliphatic carbocycles. The maximum absolute atomic E-state index is 15.2. The van der Waals surface area contributed by atoms with Gasteiger partial charge in [0.1, 0.15) is 10.6 Å². The zero-order valence-electron chi connectivity index (χ0n) is 49.3. The number of nitro benzene ring substituents is 2. The summed E-state index contributed by atoms with van der Waals surface area (Å²) in [4.78, 5) is 78.2. The Morgan fingerprint density at radius 2 is 0.889 bits per heavy atom. The van der Waals surface area contributed by atoms with Crippen LogP contribution in [0.5, 0.6) is 0 Å². The van der Waals surface area contributed by atoms with Crippen LogP contribution in [0, 0.1) is 32.1 Å². The van der Waals surface area contributed by atoms with E-state index in [0.717, 1.165) is 11.8 Å². The van der Waals surface area contributed by atoms with Gasteiger partial charge in [-0.15, -0.1) is 0 Å². The van der Waals surface area contributed by atoms with Crippen LogP contribution in [0.3, 0.4) is 0 Å². The lowest BCUT2D eigenvalue weighted by atomic mass is 9.75. The summed E-state index contributed by atoms with van der Waals surface area (Å²) in [7, 11) is -10.2. The van der Waals surface area contributed by atoms with Crippen molar-refractivity contribution in [1.82, 2.24) is 4.90 Å². The molecule has 3 N–H and O–H groups in total. The number of fused-ring (bicyclic) bond motifs is 1. The van der Waals surface area contributed by atoms with Gasteiger partial charge in [-0.1, -0.05) is 143 Å². The van der Waals surface area contributed by atoms with Crippen molar-refractivity contribution in [3.63, 3.8) is 0 Å². The predicted molar refractivity (Wildman–Crippen MR) is 322 cm³/mol. The number of nitrogens with zero attached hydrogens (tertiary/aromatic N) is 3. The number of thioether (sulfide) groups is 1. The van der Waals surface area contributed by atoms with Crippen LogP contribution in [0.4, 0.5) is 11.4 Å². The number of hydrogen-bond donors (Lipinski definition) is 3. The van der Waals surface area contributed by atoms with E-state index >= 15 is 4.79 Å². The molecule has 23 heteroatoms. The number of amides is 1. The monoisotopic (exact) mass is 1200 g/mol. The molecule has 5 unspecified atom stereocenters. The van der Waals surface area contributed by atoms with Gasteiger partial charge >= 0.3 is 17.9 Å². The molecule has 0 aromatic heterocycles. The van der Waals surface area contributed by atoms with Crippen molar-refractivity contribution in [1.29, 1.82) is 0 Å². The van der Waals surface area contributed by atoms with Crippen LogP contribution < -0.4 is 0 Å². The lowest BCUT2D eigenvalue weighted by Gasteiger charge is -2.58. The fourth-order valence-electron chi connectivity index (χ4n) is 9.50. The second-order valence-corrected chi connectivity index (χ2v) is 40.2. The van der Waals surface area contributed by atoms with Crippen LogP contribution in [0.25, 0.3) is 0 Å². The first kappa shape index (κ1) is 64.5. The van der Waals surface area contributed by atoms with E-state index in [9.17, 15) is 49.9 Å². The maximum atomic E-state index is 15.2. The summed E-state index contributed by atoms with van der Waals surface area (Å²) in [5, 5.41) is 54.9. The van der Waals surface area contributed by atoms with Crippen molar-refractivity contribution < 1.29 is 62.0 Å². The number of non-ortho nitro benzene ring substituents is 2. The molecular weight excluding hydrogens is 1120 g/mol. The molecule has 0 bridgehead atoms. The van der Waals surface area contributed by atoms with Gasteiger partial charge in [0.25, 0.3) is 11.4 Å². The van der Waals surface area contributed by atoms with Crippen LogP contribution >= 0.6 is 11.8 Å². The molecule has 6 rings (SSSR count). The molecule has 0 radical (unpaired) electrons. The van der Waals surface area contributed by atoms with E-state index in [-0.39, 0.29) is 52.4 Å². The first-order chi connectivity index (χ1) is 37.3. The number of hydrogen-bond acceptors (Lipinski definition) is 13. The highest BCUT2D eigenvalue weighted by molar-refractivity contribution is 8.04. The molecule has 438 valence electrons. The summed E-state index contributed by atoms with van der Waals surface area (Å²) in [6.45, 7) is 32.7. The van der Waals surface area contributed by atoms with Gasteiger partial charge in [-0.2, -0.15) is 0 Å². The molecule has 18 nitrogen and oxygen atoms in total. The highest BCUT2D eigenvalue weighted by atomic mass is 32.2. The molecule has 1 amide bonds. The van der Waals surface area contributed by atoms with Gasteiger partial charge in [0, 0.05) is 40.3 Å². The molecule has 81 heavy (non-hydrogen) atoms. The van der Waals surface area contributed by atoms with Gasteiger partial charge in [-0.3, -0.25) is 29.9 Å². The van der Waals surface area contributed by atoms with E-state index in [4.69, 9.17) is 17.7 Å². The molecule has 1 fully saturated rings. The number of benzene rings is 4. The molecule has 4 aromatic carbocycles. The summed E-state index contributed by atoms with van der Waals surface area (Å²) >= 11 is 1.16. The Morgan fingerprint density at radius 3 is 1.20 bits per heavy atom. The minimum atomic E-state index is -2.56. The van der Waals surface area contributed by atoms with E-state index in [1.807, 2.05) is 67.7 Å². The SMILES string of the molecule is C[SiH](OC(O[SiH](C)C(C)(C)C)(c1ccc(C(=O)O)cc1)[C@@H](Cc1ccc([N+](=O)[O-])cc1)C12CC(=O)N1C(C(=O)O)=C([C@H](Cc1ccc([N+](=O)[O-])cc1)C(O[SiH](C)C(C)(C)C)(O[SiH](C)C(C)(C)C)c1ccc(C(=O)O)cc1)S2)C(C)(C)C. The molecule has 4 aromatic rings. The Balaban J connectivity index is 1.82. The third kappa shape index (κ3) is 13.7. The average Bonchev–Trinajstić information content (AvgIpc) is 3.69. The lowest BCUT2D eigenvalue weighted by Crippen LogP contribution is -2.69. The standard InChI is InChI=1S/C58H79N3O15SSi4/c1-52(2,3)78(13)73-57(74-79(14)53(4,5)6,40-25-21-38(22-26-40)49(63)64)44(33-36-17-29-42(30-18-36)60(69)70)48-47(51(67)68)59-46(62)35-56(59,77-48)45(34-37-19-31-43(32-20-37)61(71)72)58(75-80(15)54(7,8)9,76-81(16)55(10,11)12)41-27-23-39(24-28-41)50(65)66/h17-32,44-45,78-81H,33-35H2,1-16H3,(H,63,64)(H,65,66)(H,67,68)/t44-,45-,56?,57?,58?,78?,79?,80?,81?/m0/s1. The van der Waals surface area contributed by atoms with E-state index < -0.39 is 118 Å². The van der Waals surface area contributed by atoms with Crippen LogP contribution in [-0.4, -0.2) is 94.9 Å². The number of carboxylic acids is 3. The van der Waals surface area contributed by atoms with E-state index in [2.05, 4.69) is 41.5 Å². The van der Waals surface area contributed by atoms with Gasteiger partial charge in [0.15, 0.2) is 47.7 Å². The van der Waals surface area contributed by atoms with Crippen molar-refractivity contribution in [3.8, 4) is 0 Å². The third-order valence-corrected chi connectivity index (χ3v) is 30.5. The molecular formula is C58H79N3O15SSi4. The minimum absolute atomic E-state index is 0.0179. The van der Waals surface area contributed by atoms with Gasteiger partial charge in [0.05, 0.1) is 39.2 Å².